The van der Waals surface area contributed by atoms with Gasteiger partial charge in [0.15, 0.2) is 0 Å². The van der Waals surface area contributed by atoms with Crippen molar-refractivity contribution in [3.05, 3.63) is 29.3 Å². The lowest BCUT2D eigenvalue weighted by Gasteiger charge is -2.32. The molecule has 1 atom stereocenters. The minimum atomic E-state index is -3.42. The van der Waals surface area contributed by atoms with Crippen molar-refractivity contribution in [3.8, 4) is 11.4 Å². The summed E-state index contributed by atoms with van der Waals surface area (Å²) in [7, 11) is -0.305. The molecule has 1 fully saturated rings. The van der Waals surface area contributed by atoms with Crippen LogP contribution in [0.15, 0.2) is 12.1 Å². The third kappa shape index (κ3) is 3.73. The summed E-state index contributed by atoms with van der Waals surface area (Å²) < 4.78 is 27.6. The molecule has 0 unspecified atom stereocenters. The highest BCUT2D eigenvalue weighted by atomic mass is 32.2. The first-order chi connectivity index (χ1) is 11.8. The smallest absolute Gasteiger partial charge is 0.281 e. The highest BCUT2D eigenvalue weighted by molar-refractivity contribution is 7.86. The van der Waals surface area contributed by atoms with Crippen molar-refractivity contribution in [2.45, 2.75) is 32.6 Å². The fourth-order valence-electron chi connectivity index (χ4n) is 3.05. The van der Waals surface area contributed by atoms with Gasteiger partial charge in [-0.3, -0.25) is 5.10 Å². The van der Waals surface area contributed by atoms with Gasteiger partial charge in [-0.1, -0.05) is 0 Å². The number of nitrogens with zero attached hydrogens (tertiary/aromatic N) is 5. The van der Waals surface area contributed by atoms with Gasteiger partial charge in [0.25, 0.3) is 10.2 Å². The minimum Gasteiger partial charge on any atom is -0.282 e. The van der Waals surface area contributed by atoms with Crippen LogP contribution in [-0.4, -0.2) is 64.4 Å². The van der Waals surface area contributed by atoms with E-state index in [1.54, 1.807) is 14.1 Å². The van der Waals surface area contributed by atoms with Crippen LogP contribution < -0.4 is 0 Å². The van der Waals surface area contributed by atoms with Crippen LogP contribution in [0.3, 0.4) is 0 Å². The molecule has 136 valence electrons. The van der Waals surface area contributed by atoms with E-state index in [4.69, 9.17) is 0 Å². The van der Waals surface area contributed by atoms with Gasteiger partial charge >= 0.3 is 0 Å². The van der Waals surface area contributed by atoms with Crippen LogP contribution in [0.5, 0.6) is 0 Å². The maximum atomic E-state index is 12.4. The Hall–Kier alpha value is -1.84. The summed E-state index contributed by atoms with van der Waals surface area (Å²) in [6, 6.07) is 3.84. The van der Waals surface area contributed by atoms with Crippen LogP contribution >= 0.6 is 0 Å². The van der Waals surface area contributed by atoms with Crippen LogP contribution in [-0.2, 0) is 10.2 Å². The first-order valence-corrected chi connectivity index (χ1v) is 9.72. The van der Waals surface area contributed by atoms with E-state index in [0.717, 1.165) is 35.6 Å². The molecule has 2 aromatic heterocycles. The van der Waals surface area contributed by atoms with Crippen molar-refractivity contribution in [1.82, 2.24) is 28.8 Å². The lowest BCUT2D eigenvalue weighted by Crippen LogP contribution is -2.45. The van der Waals surface area contributed by atoms with Gasteiger partial charge in [-0.05, 0) is 38.8 Å². The highest BCUT2D eigenvalue weighted by Crippen LogP contribution is 2.28. The molecular weight excluding hydrogens is 340 g/mol. The quantitative estimate of drug-likeness (QED) is 0.886. The number of aromatic nitrogens is 4. The lowest BCUT2D eigenvalue weighted by molar-refractivity contribution is 0.293. The number of hydrogen-bond acceptors (Lipinski definition) is 5. The largest absolute Gasteiger partial charge is 0.282 e. The van der Waals surface area contributed by atoms with Gasteiger partial charge in [-0.25, -0.2) is 9.97 Å². The average molecular weight is 364 g/mol. The third-order valence-electron chi connectivity index (χ3n) is 4.38. The highest BCUT2D eigenvalue weighted by Gasteiger charge is 2.32. The molecule has 1 aliphatic heterocycles. The second-order valence-corrected chi connectivity index (χ2v) is 8.82. The Balaban J connectivity index is 1.90. The van der Waals surface area contributed by atoms with Gasteiger partial charge in [0.05, 0.1) is 5.69 Å². The summed E-state index contributed by atoms with van der Waals surface area (Å²) in [5.41, 5.74) is 3.36. The fraction of sp³-hybridized carbons (Fsp3) is 0.562. The monoisotopic (exact) mass is 364 g/mol. The molecule has 3 rings (SSSR count). The van der Waals surface area contributed by atoms with Gasteiger partial charge in [-0.2, -0.15) is 22.1 Å². The van der Waals surface area contributed by atoms with Crippen molar-refractivity contribution < 1.29 is 8.42 Å². The van der Waals surface area contributed by atoms with Crippen LogP contribution in [0, 0.1) is 13.8 Å². The van der Waals surface area contributed by atoms with Crippen molar-refractivity contribution in [2.75, 3.05) is 27.2 Å². The summed E-state index contributed by atoms with van der Waals surface area (Å²) in [4.78, 5) is 9.24. The normalized spacial score (nSPS) is 19.5. The Morgan fingerprint density at radius 3 is 2.60 bits per heavy atom. The third-order valence-corrected chi connectivity index (χ3v) is 6.28. The van der Waals surface area contributed by atoms with Crippen LogP contribution in [0.4, 0.5) is 0 Å². The van der Waals surface area contributed by atoms with Gasteiger partial charge in [0.2, 0.25) is 0 Å². The van der Waals surface area contributed by atoms with E-state index in [2.05, 4.69) is 20.2 Å². The number of hydrogen-bond donors (Lipinski definition) is 1. The molecule has 25 heavy (non-hydrogen) atoms. The Morgan fingerprint density at radius 1 is 1.20 bits per heavy atom. The second-order valence-electron chi connectivity index (χ2n) is 6.68. The van der Waals surface area contributed by atoms with Crippen molar-refractivity contribution >= 4 is 10.2 Å². The zero-order chi connectivity index (χ0) is 18.2. The maximum absolute atomic E-state index is 12.4. The number of aryl methyl sites for hydroxylation is 2. The number of aromatic amines is 1. The van der Waals surface area contributed by atoms with E-state index >= 15 is 0 Å². The van der Waals surface area contributed by atoms with E-state index in [-0.39, 0.29) is 5.92 Å². The molecule has 9 heteroatoms. The molecule has 3 heterocycles. The molecule has 0 radical (unpaired) electrons. The fourth-order valence-corrected chi connectivity index (χ4v) is 4.24. The maximum Gasteiger partial charge on any atom is 0.281 e. The molecule has 1 N–H and O–H groups in total. The van der Waals surface area contributed by atoms with Crippen LogP contribution in [0.1, 0.15) is 36.0 Å². The molecule has 2 aromatic rings. The number of piperidine rings is 1. The van der Waals surface area contributed by atoms with Gasteiger partial charge in [0.1, 0.15) is 11.5 Å². The van der Waals surface area contributed by atoms with E-state index in [0.29, 0.717) is 18.9 Å². The van der Waals surface area contributed by atoms with Gasteiger partial charge < -0.3 is 0 Å². The number of nitrogens with one attached hydrogen (secondary N) is 1. The molecule has 0 amide bonds. The molecule has 0 spiro atoms. The van der Waals surface area contributed by atoms with Crippen molar-refractivity contribution in [2.24, 2.45) is 0 Å². The number of H-pyrrole nitrogens is 1. The second kappa shape index (κ2) is 6.81. The summed E-state index contributed by atoms with van der Waals surface area (Å²) in [6.45, 7) is 4.80. The number of rotatable bonds is 4. The predicted molar refractivity (Wildman–Crippen MR) is 95.2 cm³/mol. The molecular formula is C16H24N6O2S. The Bertz CT molecular complexity index is 861. The summed E-state index contributed by atoms with van der Waals surface area (Å²) >= 11 is 0. The Kier molecular flexibility index (Phi) is 4.90. The predicted octanol–water partition coefficient (Wildman–Crippen LogP) is 1.47. The van der Waals surface area contributed by atoms with E-state index in [1.807, 2.05) is 26.0 Å². The van der Waals surface area contributed by atoms with Crippen molar-refractivity contribution in [1.29, 1.82) is 0 Å². The molecule has 1 saturated heterocycles. The SMILES string of the molecule is Cc1cc(-c2cc(C)[nH]n2)nc([C@@H]2CCCN(S(=O)(=O)N(C)C)C2)n1. The summed E-state index contributed by atoms with van der Waals surface area (Å²) in [5.74, 6) is 0.677. The minimum absolute atomic E-state index is 0.0119. The molecule has 1 aliphatic rings. The Morgan fingerprint density at radius 2 is 1.96 bits per heavy atom. The van der Waals surface area contributed by atoms with Crippen LogP contribution in [0.25, 0.3) is 11.4 Å². The van der Waals surface area contributed by atoms with E-state index in [9.17, 15) is 8.42 Å². The van der Waals surface area contributed by atoms with E-state index < -0.39 is 10.2 Å². The van der Waals surface area contributed by atoms with Crippen molar-refractivity contribution in [3.63, 3.8) is 0 Å². The molecule has 0 bridgehead atoms. The molecule has 0 saturated carbocycles. The lowest BCUT2D eigenvalue weighted by atomic mass is 9.98. The molecule has 0 aliphatic carbocycles. The Labute approximate surface area is 148 Å². The van der Waals surface area contributed by atoms with E-state index in [1.165, 1.54) is 8.61 Å². The first kappa shape index (κ1) is 18.0. The topological polar surface area (TPSA) is 95.1 Å². The first-order valence-electron chi connectivity index (χ1n) is 8.33. The summed E-state index contributed by atoms with van der Waals surface area (Å²) in [6.07, 6.45) is 1.67. The molecule has 0 aromatic carbocycles. The van der Waals surface area contributed by atoms with Gasteiger partial charge in [-0.15, -0.1) is 0 Å². The molecule has 8 nitrogen and oxygen atoms in total. The zero-order valence-electron chi connectivity index (χ0n) is 15.0. The summed E-state index contributed by atoms with van der Waals surface area (Å²) in [5, 5.41) is 7.18. The average Bonchev–Trinajstić information content (AvgIpc) is 3.01. The zero-order valence-corrected chi connectivity index (χ0v) is 15.8. The van der Waals surface area contributed by atoms with Gasteiger partial charge in [0, 0.05) is 44.5 Å². The van der Waals surface area contributed by atoms with Crippen LogP contribution in [0.2, 0.25) is 0 Å². The standard InChI is InChI=1S/C16H24N6O2S/c1-11-8-14(15-9-12(2)19-20-15)18-16(17-11)13-6-5-7-22(10-13)25(23,24)21(3)4/h8-9,13H,5-7,10H2,1-4H3,(H,19,20)/t13-/m1/s1.